The molecule has 0 fully saturated rings. The van der Waals surface area contributed by atoms with E-state index in [2.05, 4.69) is 0 Å². The van der Waals surface area contributed by atoms with E-state index in [4.69, 9.17) is 9.47 Å². The minimum Gasteiger partial charge on any atom is -0.497 e. The van der Waals surface area contributed by atoms with E-state index in [1.807, 2.05) is 25.1 Å². The Bertz CT molecular complexity index is 1230. The van der Waals surface area contributed by atoms with Gasteiger partial charge in [-0.3, -0.25) is 4.79 Å². The lowest BCUT2D eigenvalue weighted by Crippen LogP contribution is -2.14. The molecule has 0 spiro atoms. The summed E-state index contributed by atoms with van der Waals surface area (Å²) in [7, 11) is 2.88. The lowest BCUT2D eigenvalue weighted by Gasteiger charge is -2.20. The van der Waals surface area contributed by atoms with Crippen molar-refractivity contribution in [1.82, 2.24) is 0 Å². The fourth-order valence-electron chi connectivity index (χ4n) is 4.64. The van der Waals surface area contributed by atoms with E-state index in [9.17, 15) is 18.0 Å². The molecular weight excluding hydrogens is 441 g/mol. The number of allylic oxidation sites excluding steroid dienone is 2. The molecule has 3 nitrogen and oxygen atoms in total. The zero-order chi connectivity index (χ0) is 24.4. The number of halogens is 3. The van der Waals surface area contributed by atoms with Gasteiger partial charge in [-0.2, -0.15) is 0 Å². The molecule has 0 amide bonds. The molecule has 0 heterocycles. The summed E-state index contributed by atoms with van der Waals surface area (Å²) in [5, 5.41) is 0. The summed E-state index contributed by atoms with van der Waals surface area (Å²) in [5.74, 6) is -2.91. The van der Waals surface area contributed by atoms with Crippen LogP contribution in [0.2, 0.25) is 0 Å². The Kier molecular flexibility index (Phi) is 6.77. The molecule has 0 aliphatic heterocycles. The van der Waals surface area contributed by atoms with E-state index in [0.29, 0.717) is 24.2 Å². The molecule has 0 saturated carbocycles. The van der Waals surface area contributed by atoms with Gasteiger partial charge in [-0.15, -0.1) is 0 Å². The molecule has 6 heteroatoms. The average Bonchev–Trinajstić information content (AvgIpc) is 3.28. The molecule has 0 aromatic heterocycles. The van der Waals surface area contributed by atoms with Gasteiger partial charge in [0.05, 0.1) is 19.8 Å². The molecule has 2 atom stereocenters. The van der Waals surface area contributed by atoms with E-state index >= 15 is 0 Å². The predicted molar refractivity (Wildman–Crippen MR) is 124 cm³/mol. The summed E-state index contributed by atoms with van der Waals surface area (Å²) >= 11 is 0. The molecule has 3 aromatic rings. The van der Waals surface area contributed by atoms with E-state index in [0.717, 1.165) is 28.8 Å². The van der Waals surface area contributed by atoms with Crippen molar-refractivity contribution in [1.29, 1.82) is 0 Å². The second-order valence-corrected chi connectivity index (χ2v) is 8.28. The molecule has 1 aliphatic carbocycles. The van der Waals surface area contributed by atoms with Gasteiger partial charge in [-0.25, -0.2) is 13.2 Å². The first kappa shape index (κ1) is 23.6. The van der Waals surface area contributed by atoms with Crippen LogP contribution in [-0.4, -0.2) is 20.0 Å². The van der Waals surface area contributed by atoms with Crippen molar-refractivity contribution in [2.24, 2.45) is 0 Å². The highest BCUT2D eigenvalue weighted by molar-refractivity contribution is 6.10. The molecule has 1 aliphatic rings. The Labute approximate surface area is 196 Å². The van der Waals surface area contributed by atoms with E-state index in [-0.39, 0.29) is 23.4 Å². The van der Waals surface area contributed by atoms with Gasteiger partial charge in [0.1, 0.15) is 29.0 Å². The number of carbonyl (C=O) groups excluding carboxylic acids is 1. The second-order valence-electron chi connectivity index (χ2n) is 8.28. The van der Waals surface area contributed by atoms with Gasteiger partial charge >= 0.3 is 0 Å². The molecule has 0 bridgehead atoms. The van der Waals surface area contributed by atoms with Crippen LogP contribution in [0, 0.1) is 17.5 Å². The first-order chi connectivity index (χ1) is 16.4. The summed E-state index contributed by atoms with van der Waals surface area (Å²) in [6, 6.07) is 13.7. The maximum Gasteiger partial charge on any atom is 0.195 e. The van der Waals surface area contributed by atoms with Crippen LogP contribution in [0.4, 0.5) is 13.2 Å². The minimum absolute atomic E-state index is 0.00360. The van der Waals surface area contributed by atoms with Gasteiger partial charge in [0.15, 0.2) is 5.78 Å². The van der Waals surface area contributed by atoms with Crippen LogP contribution < -0.4 is 9.47 Å². The lowest BCUT2D eigenvalue weighted by molar-refractivity contribution is 0.102. The molecule has 2 unspecified atom stereocenters. The summed E-state index contributed by atoms with van der Waals surface area (Å²) in [6.45, 7) is 2.00. The van der Waals surface area contributed by atoms with E-state index in [1.54, 1.807) is 25.3 Å². The number of aryl methyl sites for hydroxylation is 1. The highest BCUT2D eigenvalue weighted by Gasteiger charge is 2.36. The highest BCUT2D eigenvalue weighted by atomic mass is 19.1. The fraction of sp³-hybridized carbons (Fsp3) is 0.250. The largest absolute Gasteiger partial charge is 0.497 e. The van der Waals surface area contributed by atoms with Crippen molar-refractivity contribution in [2.75, 3.05) is 14.2 Å². The third kappa shape index (κ3) is 4.45. The zero-order valence-corrected chi connectivity index (χ0v) is 19.2. The number of ether oxygens (including phenoxy) is 2. The van der Waals surface area contributed by atoms with Gasteiger partial charge in [0, 0.05) is 29.5 Å². The topological polar surface area (TPSA) is 35.5 Å². The second kappa shape index (κ2) is 9.75. The van der Waals surface area contributed by atoms with Gasteiger partial charge in [-0.1, -0.05) is 31.2 Å². The van der Waals surface area contributed by atoms with Crippen molar-refractivity contribution in [3.05, 3.63) is 106 Å². The molecular formula is C28H25F3O3. The fourth-order valence-corrected chi connectivity index (χ4v) is 4.64. The molecule has 176 valence electrons. The number of methoxy groups -OCH3 is 2. The number of hydrogen-bond acceptors (Lipinski definition) is 3. The average molecular weight is 466 g/mol. The summed E-state index contributed by atoms with van der Waals surface area (Å²) < 4.78 is 53.4. The van der Waals surface area contributed by atoms with Crippen molar-refractivity contribution in [3.63, 3.8) is 0 Å². The lowest BCUT2D eigenvalue weighted by atomic mass is 9.83. The van der Waals surface area contributed by atoms with Crippen LogP contribution in [-0.2, 0) is 6.42 Å². The highest BCUT2D eigenvalue weighted by Crippen LogP contribution is 2.46. The Morgan fingerprint density at radius 2 is 1.56 bits per heavy atom. The number of benzene rings is 3. The third-order valence-electron chi connectivity index (χ3n) is 6.39. The Hall–Kier alpha value is -3.54. The van der Waals surface area contributed by atoms with Crippen LogP contribution >= 0.6 is 0 Å². The number of ketones is 1. The first-order valence-electron chi connectivity index (χ1n) is 11.1. The summed E-state index contributed by atoms with van der Waals surface area (Å²) in [5.41, 5.74) is 2.43. The van der Waals surface area contributed by atoms with Crippen LogP contribution in [0.15, 0.2) is 66.2 Å². The number of Topliss-reactive ketones (excluding diaryl/α,β-unsaturated/α-hetero) is 1. The summed E-state index contributed by atoms with van der Waals surface area (Å²) in [4.78, 5) is 13.6. The minimum atomic E-state index is -0.975. The van der Waals surface area contributed by atoms with Gasteiger partial charge < -0.3 is 9.47 Å². The van der Waals surface area contributed by atoms with Crippen LogP contribution in [0.5, 0.6) is 11.5 Å². The molecule has 3 aromatic carbocycles. The standard InChI is InChI=1S/C28H25F3O3/c1-4-16-11-20(33-2)9-10-22(16)23-12-18(17-5-7-19(29)8-6-17)13-24(23)28(32)27-25(30)14-21(34-3)15-26(27)31/h5-11,13-15,18,23H,4,12H2,1-3H3. The third-order valence-corrected chi connectivity index (χ3v) is 6.39. The smallest absolute Gasteiger partial charge is 0.195 e. The number of carbonyl (C=O) groups is 1. The predicted octanol–water partition coefficient (Wildman–Crippen LogP) is 6.76. The van der Waals surface area contributed by atoms with E-state index < -0.39 is 23.0 Å². The molecule has 34 heavy (non-hydrogen) atoms. The quantitative estimate of drug-likeness (QED) is 0.361. The van der Waals surface area contributed by atoms with Crippen LogP contribution in [0.1, 0.15) is 52.2 Å². The maximum atomic E-state index is 14.8. The molecule has 0 radical (unpaired) electrons. The first-order valence-corrected chi connectivity index (χ1v) is 11.1. The zero-order valence-electron chi connectivity index (χ0n) is 19.2. The van der Waals surface area contributed by atoms with Crippen LogP contribution in [0.25, 0.3) is 0 Å². The van der Waals surface area contributed by atoms with Crippen molar-refractivity contribution < 1.29 is 27.4 Å². The van der Waals surface area contributed by atoms with Gasteiger partial charge in [0.2, 0.25) is 0 Å². The monoisotopic (exact) mass is 466 g/mol. The number of rotatable bonds is 7. The molecule has 0 saturated heterocycles. The van der Waals surface area contributed by atoms with Gasteiger partial charge in [-0.05, 0) is 53.8 Å². The Morgan fingerprint density at radius 3 is 2.15 bits per heavy atom. The molecule has 4 rings (SSSR count). The van der Waals surface area contributed by atoms with Crippen molar-refractivity contribution >= 4 is 5.78 Å². The maximum absolute atomic E-state index is 14.8. The molecule has 0 N–H and O–H groups in total. The SMILES string of the molecule is CCc1cc(OC)ccc1C1CC(c2ccc(F)cc2)C=C1C(=O)c1c(F)cc(OC)cc1F. The van der Waals surface area contributed by atoms with Crippen molar-refractivity contribution in [3.8, 4) is 11.5 Å². The number of hydrogen-bond donors (Lipinski definition) is 0. The Balaban J connectivity index is 1.82. The van der Waals surface area contributed by atoms with E-state index in [1.165, 1.54) is 19.2 Å². The van der Waals surface area contributed by atoms with Gasteiger partial charge in [0.25, 0.3) is 0 Å². The Morgan fingerprint density at radius 1 is 0.912 bits per heavy atom. The van der Waals surface area contributed by atoms with Crippen molar-refractivity contribution in [2.45, 2.75) is 31.6 Å². The summed E-state index contributed by atoms with van der Waals surface area (Å²) in [6.07, 6.45) is 2.97. The van der Waals surface area contributed by atoms with Crippen LogP contribution in [0.3, 0.4) is 0 Å². The normalized spacial score (nSPS) is 17.4.